The summed E-state index contributed by atoms with van der Waals surface area (Å²) >= 11 is 0. The highest BCUT2D eigenvalue weighted by molar-refractivity contribution is 6.10. The van der Waals surface area contributed by atoms with Crippen LogP contribution in [0.25, 0.3) is 17.0 Å². The van der Waals surface area contributed by atoms with Crippen LogP contribution in [0.15, 0.2) is 36.1 Å². The van der Waals surface area contributed by atoms with Gasteiger partial charge in [-0.2, -0.15) is 0 Å². The second-order valence-corrected chi connectivity index (χ2v) is 5.18. The number of rotatable bonds is 4. The van der Waals surface area contributed by atoms with Gasteiger partial charge in [-0.1, -0.05) is 18.2 Å². The van der Waals surface area contributed by atoms with Crippen molar-refractivity contribution >= 4 is 29.0 Å². The molecule has 23 heavy (non-hydrogen) atoms. The highest BCUT2D eigenvalue weighted by Gasteiger charge is 2.36. The maximum atomic E-state index is 12.2. The highest BCUT2D eigenvalue weighted by atomic mass is 16.6. The zero-order chi connectivity index (χ0) is 16.4. The molecular formula is C17H16N2O4. The summed E-state index contributed by atoms with van der Waals surface area (Å²) in [5.74, 6) is -0.453. The molecule has 0 aliphatic carbocycles. The molecule has 3 rings (SSSR count). The molecule has 1 aromatic carbocycles. The number of amides is 2. The average Bonchev–Trinajstić information content (AvgIpc) is 2.80. The zero-order valence-corrected chi connectivity index (χ0v) is 12.9. The molecule has 2 heterocycles. The van der Waals surface area contributed by atoms with Crippen molar-refractivity contribution < 1.29 is 19.1 Å². The molecule has 118 valence electrons. The summed E-state index contributed by atoms with van der Waals surface area (Å²) in [5.41, 5.74) is 2.38. The molecule has 1 aliphatic heterocycles. The van der Waals surface area contributed by atoms with Crippen molar-refractivity contribution in [2.45, 2.75) is 6.92 Å². The zero-order valence-electron chi connectivity index (χ0n) is 12.9. The number of hydrogen-bond donors (Lipinski definition) is 0. The number of methoxy groups -OCH3 is 1. The maximum absolute atomic E-state index is 12.2. The first kappa shape index (κ1) is 15.2. The van der Waals surface area contributed by atoms with Gasteiger partial charge in [0, 0.05) is 23.8 Å². The SMILES string of the molecule is COCCN1C(=O)O/C(=C/c2cc3ccccc3nc2C)C1=O. The fourth-order valence-electron chi connectivity index (χ4n) is 2.39. The van der Waals surface area contributed by atoms with Crippen molar-refractivity contribution in [2.24, 2.45) is 0 Å². The topological polar surface area (TPSA) is 68.7 Å². The van der Waals surface area contributed by atoms with Gasteiger partial charge in [0.25, 0.3) is 5.91 Å². The molecule has 0 atom stereocenters. The Kier molecular flexibility index (Phi) is 4.08. The van der Waals surface area contributed by atoms with Gasteiger partial charge in [0.15, 0.2) is 5.76 Å². The second kappa shape index (κ2) is 6.18. The monoisotopic (exact) mass is 312 g/mol. The first-order valence-electron chi connectivity index (χ1n) is 7.21. The standard InChI is InChI=1S/C17H16N2O4/c1-11-13(9-12-5-3-4-6-14(12)18-11)10-15-16(20)19(7-8-22-2)17(21)23-15/h3-6,9-10H,7-8H2,1-2H3/b15-10+. The summed E-state index contributed by atoms with van der Waals surface area (Å²) in [6.07, 6.45) is 0.881. The quantitative estimate of drug-likeness (QED) is 0.811. The van der Waals surface area contributed by atoms with Crippen molar-refractivity contribution in [3.63, 3.8) is 0 Å². The van der Waals surface area contributed by atoms with E-state index < -0.39 is 12.0 Å². The predicted octanol–water partition coefficient (Wildman–Crippen LogP) is 2.51. The third-order valence-corrected chi connectivity index (χ3v) is 3.63. The summed E-state index contributed by atoms with van der Waals surface area (Å²) in [7, 11) is 1.51. The number of ether oxygens (including phenoxy) is 2. The fraction of sp³-hybridized carbons (Fsp3) is 0.235. The lowest BCUT2D eigenvalue weighted by Crippen LogP contribution is -2.31. The Morgan fingerprint density at radius 3 is 2.87 bits per heavy atom. The summed E-state index contributed by atoms with van der Waals surface area (Å²) in [5, 5.41) is 0.956. The average molecular weight is 312 g/mol. The number of cyclic esters (lactones) is 1. The normalized spacial score (nSPS) is 16.4. The molecule has 0 bridgehead atoms. The molecule has 0 spiro atoms. The lowest BCUT2D eigenvalue weighted by atomic mass is 10.1. The van der Waals surface area contributed by atoms with Crippen LogP contribution in [0.1, 0.15) is 11.3 Å². The second-order valence-electron chi connectivity index (χ2n) is 5.18. The smallest absolute Gasteiger partial charge is 0.404 e. The summed E-state index contributed by atoms with van der Waals surface area (Å²) in [6, 6.07) is 9.62. The Labute approximate surface area is 133 Å². The van der Waals surface area contributed by atoms with Gasteiger partial charge in [-0.05, 0) is 25.1 Å². The van der Waals surface area contributed by atoms with Crippen molar-refractivity contribution in [1.29, 1.82) is 0 Å². The Hall–Kier alpha value is -2.73. The van der Waals surface area contributed by atoms with E-state index in [0.717, 1.165) is 27.1 Å². The van der Waals surface area contributed by atoms with E-state index in [4.69, 9.17) is 9.47 Å². The van der Waals surface area contributed by atoms with E-state index >= 15 is 0 Å². The van der Waals surface area contributed by atoms with E-state index in [2.05, 4.69) is 4.98 Å². The van der Waals surface area contributed by atoms with Crippen molar-refractivity contribution in [3.05, 3.63) is 47.3 Å². The molecule has 1 aromatic heterocycles. The number of aromatic nitrogens is 1. The van der Waals surface area contributed by atoms with Crippen LogP contribution in [0.3, 0.4) is 0 Å². The number of fused-ring (bicyclic) bond motifs is 1. The van der Waals surface area contributed by atoms with Gasteiger partial charge in [-0.25, -0.2) is 9.69 Å². The van der Waals surface area contributed by atoms with Gasteiger partial charge < -0.3 is 9.47 Å². The lowest BCUT2D eigenvalue weighted by molar-refractivity contribution is -0.123. The Morgan fingerprint density at radius 1 is 1.30 bits per heavy atom. The van der Waals surface area contributed by atoms with Crippen LogP contribution in [-0.2, 0) is 14.3 Å². The number of carbonyl (C=O) groups is 2. The number of nitrogens with zero attached hydrogens (tertiary/aromatic N) is 2. The van der Waals surface area contributed by atoms with E-state index in [-0.39, 0.29) is 18.9 Å². The van der Waals surface area contributed by atoms with Gasteiger partial charge in [0.05, 0.1) is 18.7 Å². The predicted molar refractivity (Wildman–Crippen MR) is 84.5 cm³/mol. The van der Waals surface area contributed by atoms with Crippen LogP contribution in [0, 0.1) is 6.92 Å². The number of aryl methyl sites for hydroxylation is 1. The number of benzene rings is 1. The molecule has 0 radical (unpaired) electrons. The molecule has 6 heteroatoms. The third-order valence-electron chi connectivity index (χ3n) is 3.63. The fourth-order valence-corrected chi connectivity index (χ4v) is 2.39. The van der Waals surface area contributed by atoms with Crippen LogP contribution in [0.5, 0.6) is 0 Å². The molecule has 1 aliphatic rings. The Balaban J connectivity index is 1.94. The first-order chi connectivity index (χ1) is 11.1. The Bertz CT molecular complexity index is 813. The minimum atomic E-state index is -0.676. The van der Waals surface area contributed by atoms with Gasteiger partial charge in [0.1, 0.15) is 0 Å². The molecule has 6 nitrogen and oxygen atoms in total. The van der Waals surface area contributed by atoms with Gasteiger partial charge in [0.2, 0.25) is 0 Å². The maximum Gasteiger partial charge on any atom is 0.422 e. The molecule has 1 saturated heterocycles. The lowest BCUT2D eigenvalue weighted by Gasteiger charge is -2.08. The number of pyridine rings is 1. The molecule has 1 fully saturated rings. The molecule has 2 aromatic rings. The van der Waals surface area contributed by atoms with Gasteiger partial charge in [-0.3, -0.25) is 9.78 Å². The molecule has 0 N–H and O–H groups in total. The summed E-state index contributed by atoms with van der Waals surface area (Å²) < 4.78 is 9.96. The first-order valence-corrected chi connectivity index (χ1v) is 7.21. The van der Waals surface area contributed by atoms with E-state index in [9.17, 15) is 9.59 Å². The minimum Gasteiger partial charge on any atom is -0.404 e. The van der Waals surface area contributed by atoms with Crippen LogP contribution in [0.2, 0.25) is 0 Å². The van der Waals surface area contributed by atoms with E-state index in [1.807, 2.05) is 37.3 Å². The van der Waals surface area contributed by atoms with E-state index in [1.54, 1.807) is 6.08 Å². The summed E-state index contributed by atoms with van der Waals surface area (Å²) in [6.45, 7) is 2.29. The number of hydrogen-bond acceptors (Lipinski definition) is 5. The number of imide groups is 1. The largest absolute Gasteiger partial charge is 0.422 e. The van der Waals surface area contributed by atoms with Crippen LogP contribution in [-0.4, -0.2) is 42.1 Å². The van der Waals surface area contributed by atoms with E-state index in [1.165, 1.54) is 7.11 Å². The van der Waals surface area contributed by atoms with Crippen molar-refractivity contribution in [3.8, 4) is 0 Å². The van der Waals surface area contributed by atoms with Crippen LogP contribution in [0.4, 0.5) is 4.79 Å². The van der Waals surface area contributed by atoms with E-state index in [0.29, 0.717) is 0 Å². The van der Waals surface area contributed by atoms with Crippen LogP contribution >= 0.6 is 0 Å². The van der Waals surface area contributed by atoms with Crippen molar-refractivity contribution in [2.75, 3.05) is 20.3 Å². The minimum absolute atomic E-state index is 0.00582. The Morgan fingerprint density at radius 2 is 2.09 bits per heavy atom. The summed E-state index contributed by atoms with van der Waals surface area (Å²) in [4.78, 5) is 29.5. The highest BCUT2D eigenvalue weighted by Crippen LogP contribution is 2.23. The number of para-hydroxylation sites is 1. The van der Waals surface area contributed by atoms with Gasteiger partial charge >= 0.3 is 6.09 Å². The third kappa shape index (κ3) is 2.93. The van der Waals surface area contributed by atoms with Gasteiger partial charge in [-0.15, -0.1) is 0 Å². The van der Waals surface area contributed by atoms with Crippen molar-refractivity contribution in [1.82, 2.24) is 9.88 Å². The molecule has 0 unspecified atom stereocenters. The van der Waals surface area contributed by atoms with Crippen LogP contribution < -0.4 is 0 Å². The molecule has 2 amide bonds. The number of carbonyl (C=O) groups excluding carboxylic acids is 2. The molecule has 0 saturated carbocycles. The molecular weight excluding hydrogens is 296 g/mol.